The molecule has 4 rings (SSSR count). The lowest BCUT2D eigenvalue weighted by Gasteiger charge is -2.07. The van der Waals surface area contributed by atoms with Crippen LogP contribution in [0.2, 0.25) is 0 Å². The van der Waals surface area contributed by atoms with Gasteiger partial charge >= 0.3 is 0 Å². The Morgan fingerprint density at radius 1 is 1.11 bits per heavy atom. The van der Waals surface area contributed by atoms with Gasteiger partial charge in [0.1, 0.15) is 22.5 Å². The van der Waals surface area contributed by atoms with Gasteiger partial charge in [0, 0.05) is 12.1 Å². The average Bonchev–Trinajstić information content (AvgIpc) is 3.15. The van der Waals surface area contributed by atoms with Crippen LogP contribution < -0.4 is 10.9 Å². The highest BCUT2D eigenvalue weighted by molar-refractivity contribution is 7.13. The number of nitrogens with one attached hydrogen (secondary N) is 1. The van der Waals surface area contributed by atoms with Crippen LogP contribution in [-0.4, -0.2) is 19.8 Å². The van der Waals surface area contributed by atoms with Crippen molar-refractivity contribution in [3.05, 3.63) is 82.4 Å². The monoisotopic (exact) mass is 390 g/mol. The number of aromatic nitrogens is 3. The summed E-state index contributed by atoms with van der Waals surface area (Å²) in [7, 11) is 0. The van der Waals surface area contributed by atoms with Crippen LogP contribution in [0.3, 0.4) is 0 Å². The quantitative estimate of drug-likeness (QED) is 0.568. The molecule has 2 aromatic heterocycles. The number of aryl methyl sites for hydroxylation is 1. The predicted molar refractivity (Wildman–Crippen MR) is 110 cm³/mol. The zero-order valence-corrected chi connectivity index (χ0v) is 16.1. The van der Waals surface area contributed by atoms with E-state index in [9.17, 15) is 9.59 Å². The predicted octanol–water partition coefficient (Wildman–Crippen LogP) is 3.14. The SMILES string of the molecule is Cc1ccc(CNC(=O)Cn2cnc3c(-c4ccccc4)nsc3c2=O)cc1. The lowest BCUT2D eigenvalue weighted by Crippen LogP contribution is -2.31. The second-order valence-corrected chi connectivity index (χ2v) is 7.29. The normalized spacial score (nSPS) is 10.9. The number of fused-ring (bicyclic) bond motifs is 1. The van der Waals surface area contributed by atoms with Crippen molar-refractivity contribution in [3.8, 4) is 11.3 Å². The molecule has 0 aliphatic carbocycles. The summed E-state index contributed by atoms with van der Waals surface area (Å²) in [5.41, 5.74) is 4.09. The van der Waals surface area contributed by atoms with E-state index in [0.29, 0.717) is 22.5 Å². The molecule has 0 radical (unpaired) electrons. The van der Waals surface area contributed by atoms with Crippen LogP contribution in [0, 0.1) is 6.92 Å². The molecule has 0 spiro atoms. The molecule has 0 saturated heterocycles. The highest BCUT2D eigenvalue weighted by atomic mass is 32.1. The Bertz CT molecular complexity index is 1180. The summed E-state index contributed by atoms with van der Waals surface area (Å²) in [5.74, 6) is -0.239. The fraction of sp³-hybridized carbons (Fsp3) is 0.143. The Labute approximate surface area is 165 Å². The molecule has 7 heteroatoms. The van der Waals surface area contributed by atoms with E-state index in [1.807, 2.05) is 61.5 Å². The van der Waals surface area contributed by atoms with Crippen LogP contribution in [0.4, 0.5) is 0 Å². The Balaban J connectivity index is 1.51. The number of benzene rings is 2. The molecule has 0 fully saturated rings. The van der Waals surface area contributed by atoms with Crippen molar-refractivity contribution in [3.63, 3.8) is 0 Å². The van der Waals surface area contributed by atoms with Crippen molar-refractivity contribution in [1.29, 1.82) is 0 Å². The molecular weight excluding hydrogens is 372 g/mol. The third-order valence-electron chi connectivity index (χ3n) is 4.42. The van der Waals surface area contributed by atoms with Crippen LogP contribution in [0.5, 0.6) is 0 Å². The van der Waals surface area contributed by atoms with E-state index >= 15 is 0 Å². The maximum Gasteiger partial charge on any atom is 0.273 e. The van der Waals surface area contributed by atoms with E-state index in [4.69, 9.17) is 0 Å². The van der Waals surface area contributed by atoms with Gasteiger partial charge in [-0.1, -0.05) is 60.2 Å². The van der Waals surface area contributed by atoms with Gasteiger partial charge in [-0.15, -0.1) is 0 Å². The van der Waals surface area contributed by atoms with Crippen LogP contribution in [0.25, 0.3) is 21.5 Å². The van der Waals surface area contributed by atoms with Gasteiger partial charge in [0.2, 0.25) is 5.91 Å². The average molecular weight is 390 g/mol. The van der Waals surface area contributed by atoms with E-state index in [0.717, 1.165) is 22.7 Å². The van der Waals surface area contributed by atoms with Crippen LogP contribution in [-0.2, 0) is 17.9 Å². The first kappa shape index (κ1) is 18.1. The summed E-state index contributed by atoms with van der Waals surface area (Å²) in [5, 5.41) is 2.83. The maximum atomic E-state index is 12.7. The number of carbonyl (C=O) groups is 1. The van der Waals surface area contributed by atoms with Gasteiger partial charge in [-0.2, -0.15) is 4.37 Å². The lowest BCUT2D eigenvalue weighted by molar-refractivity contribution is -0.121. The number of carbonyl (C=O) groups excluding carboxylic acids is 1. The topological polar surface area (TPSA) is 76.9 Å². The molecule has 0 saturated carbocycles. The fourth-order valence-electron chi connectivity index (χ4n) is 2.87. The molecule has 0 aliphatic rings. The molecule has 4 aromatic rings. The molecule has 0 unspecified atom stereocenters. The smallest absolute Gasteiger partial charge is 0.273 e. The zero-order valence-electron chi connectivity index (χ0n) is 15.3. The summed E-state index contributed by atoms with van der Waals surface area (Å²) in [4.78, 5) is 29.4. The van der Waals surface area contributed by atoms with E-state index in [1.165, 1.54) is 16.5 Å². The Kier molecular flexibility index (Phi) is 4.99. The molecule has 1 N–H and O–H groups in total. The Hall–Kier alpha value is -3.32. The third kappa shape index (κ3) is 3.70. The molecule has 28 heavy (non-hydrogen) atoms. The minimum atomic E-state index is -0.254. The second kappa shape index (κ2) is 7.74. The molecule has 2 heterocycles. The second-order valence-electron chi connectivity index (χ2n) is 6.51. The molecular formula is C21H18N4O2S. The fourth-order valence-corrected chi connectivity index (χ4v) is 3.68. The maximum absolute atomic E-state index is 12.7. The van der Waals surface area contributed by atoms with Crippen molar-refractivity contribution >= 4 is 27.7 Å². The third-order valence-corrected chi connectivity index (χ3v) is 5.24. The number of hydrogen-bond donors (Lipinski definition) is 1. The van der Waals surface area contributed by atoms with Crippen molar-refractivity contribution < 1.29 is 4.79 Å². The van der Waals surface area contributed by atoms with Crippen molar-refractivity contribution in [2.45, 2.75) is 20.0 Å². The van der Waals surface area contributed by atoms with E-state index in [-0.39, 0.29) is 18.0 Å². The van der Waals surface area contributed by atoms with Crippen LogP contribution >= 0.6 is 11.5 Å². The Morgan fingerprint density at radius 3 is 2.61 bits per heavy atom. The number of rotatable bonds is 5. The van der Waals surface area contributed by atoms with Gasteiger partial charge in [0.05, 0.1) is 6.33 Å². The summed E-state index contributed by atoms with van der Waals surface area (Å²) in [6.07, 6.45) is 1.41. The number of nitrogens with zero attached hydrogens (tertiary/aromatic N) is 3. The van der Waals surface area contributed by atoms with E-state index < -0.39 is 0 Å². The van der Waals surface area contributed by atoms with Gasteiger partial charge in [0.15, 0.2) is 0 Å². The highest BCUT2D eigenvalue weighted by Crippen LogP contribution is 2.26. The number of amides is 1. The molecule has 0 bridgehead atoms. The molecule has 2 aromatic carbocycles. The summed E-state index contributed by atoms with van der Waals surface area (Å²) < 4.78 is 6.17. The van der Waals surface area contributed by atoms with E-state index in [2.05, 4.69) is 14.7 Å². The van der Waals surface area contributed by atoms with Gasteiger partial charge in [-0.05, 0) is 24.0 Å². The van der Waals surface area contributed by atoms with E-state index in [1.54, 1.807) is 0 Å². The number of hydrogen-bond acceptors (Lipinski definition) is 5. The Morgan fingerprint density at radius 2 is 1.86 bits per heavy atom. The van der Waals surface area contributed by atoms with Gasteiger partial charge in [-0.3, -0.25) is 14.2 Å². The van der Waals surface area contributed by atoms with Gasteiger partial charge < -0.3 is 5.32 Å². The molecule has 0 atom stereocenters. The van der Waals surface area contributed by atoms with Crippen LogP contribution in [0.15, 0.2) is 65.7 Å². The highest BCUT2D eigenvalue weighted by Gasteiger charge is 2.15. The molecule has 140 valence electrons. The first-order valence-corrected chi connectivity index (χ1v) is 9.61. The molecule has 6 nitrogen and oxygen atoms in total. The summed E-state index contributed by atoms with van der Waals surface area (Å²) in [6, 6.07) is 17.6. The molecule has 1 amide bonds. The van der Waals surface area contributed by atoms with Crippen LogP contribution in [0.1, 0.15) is 11.1 Å². The van der Waals surface area contributed by atoms with Crippen molar-refractivity contribution in [2.75, 3.05) is 0 Å². The first-order valence-electron chi connectivity index (χ1n) is 8.84. The summed E-state index contributed by atoms with van der Waals surface area (Å²) >= 11 is 1.11. The van der Waals surface area contributed by atoms with Gasteiger partial charge in [0.25, 0.3) is 5.56 Å². The van der Waals surface area contributed by atoms with Crippen molar-refractivity contribution in [1.82, 2.24) is 19.2 Å². The van der Waals surface area contributed by atoms with Crippen molar-refractivity contribution in [2.24, 2.45) is 0 Å². The molecule has 0 aliphatic heterocycles. The first-order chi connectivity index (χ1) is 13.6. The van der Waals surface area contributed by atoms with Gasteiger partial charge in [-0.25, -0.2) is 4.98 Å². The summed E-state index contributed by atoms with van der Waals surface area (Å²) in [6.45, 7) is 2.36. The minimum Gasteiger partial charge on any atom is -0.350 e. The minimum absolute atomic E-state index is 0.0772. The zero-order chi connectivity index (χ0) is 19.5. The standard InChI is InChI=1S/C21H18N4O2S/c1-14-7-9-15(10-8-14)11-22-17(26)12-25-13-23-19-18(16-5-3-2-4-6-16)24-28-20(19)21(25)27/h2-10,13H,11-12H2,1H3,(H,22,26). The largest absolute Gasteiger partial charge is 0.350 e. The lowest BCUT2D eigenvalue weighted by atomic mass is 10.1.